The lowest BCUT2D eigenvalue weighted by atomic mass is 10.1. The minimum atomic E-state index is -3.49. The number of hydrogen-bond donors (Lipinski definition) is 0. The topological polar surface area (TPSA) is 68.6 Å². The lowest BCUT2D eigenvalue weighted by Gasteiger charge is -2.14. The van der Waals surface area contributed by atoms with Gasteiger partial charge in [0.15, 0.2) is 0 Å². The Morgan fingerprint density at radius 2 is 2.22 bits per heavy atom. The molecule has 1 aromatic heterocycles. The summed E-state index contributed by atoms with van der Waals surface area (Å²) in [6.07, 6.45) is 3.75. The van der Waals surface area contributed by atoms with Crippen LogP contribution in [0.5, 0.6) is 0 Å². The molecule has 0 spiro atoms. The van der Waals surface area contributed by atoms with Crippen LogP contribution >= 0.6 is 0 Å². The molecule has 6 nitrogen and oxygen atoms in total. The Hall–Kier alpha value is -1.34. The maximum Gasteiger partial charge on any atom is 0.310 e. The summed E-state index contributed by atoms with van der Waals surface area (Å²) in [5.41, 5.74) is 0. The zero-order valence-corrected chi connectivity index (χ0v) is 11.2. The molecule has 1 unspecified atom stereocenters. The third-order valence-electron chi connectivity index (χ3n) is 3.13. The highest BCUT2D eigenvalue weighted by Gasteiger charge is 2.36. The van der Waals surface area contributed by atoms with E-state index in [-0.39, 0.29) is 23.3 Å². The average Bonchev–Trinajstić information content (AvgIpc) is 2.96. The molecule has 1 saturated heterocycles. The SMILES string of the molecule is COC(=O)C1CCN(S(=O)(=O)c2ccn(C)c2)C1. The van der Waals surface area contributed by atoms with Crippen LogP contribution in [0, 0.1) is 5.92 Å². The number of esters is 1. The van der Waals surface area contributed by atoms with E-state index in [9.17, 15) is 13.2 Å². The normalized spacial score (nSPS) is 21.1. The Kier molecular flexibility index (Phi) is 3.45. The Labute approximate surface area is 106 Å². The molecule has 0 amide bonds. The highest BCUT2D eigenvalue weighted by Crippen LogP contribution is 2.24. The number of rotatable bonds is 3. The Morgan fingerprint density at radius 3 is 2.78 bits per heavy atom. The first-order chi connectivity index (χ1) is 8.45. The zero-order chi connectivity index (χ0) is 13.3. The van der Waals surface area contributed by atoms with Crippen molar-refractivity contribution in [1.29, 1.82) is 0 Å². The fourth-order valence-electron chi connectivity index (χ4n) is 2.09. The van der Waals surface area contributed by atoms with E-state index in [4.69, 9.17) is 0 Å². The van der Waals surface area contributed by atoms with E-state index >= 15 is 0 Å². The Balaban J connectivity index is 2.16. The van der Waals surface area contributed by atoms with E-state index in [0.29, 0.717) is 13.0 Å². The molecular weight excluding hydrogens is 256 g/mol. The van der Waals surface area contributed by atoms with Crippen molar-refractivity contribution in [2.45, 2.75) is 11.3 Å². The van der Waals surface area contributed by atoms with Gasteiger partial charge in [-0.2, -0.15) is 4.31 Å². The maximum absolute atomic E-state index is 12.3. The van der Waals surface area contributed by atoms with Crippen LogP contribution in [0.3, 0.4) is 0 Å². The first-order valence-electron chi connectivity index (χ1n) is 5.65. The second-order valence-electron chi connectivity index (χ2n) is 4.38. The Morgan fingerprint density at radius 1 is 1.50 bits per heavy atom. The number of carbonyl (C=O) groups is 1. The van der Waals surface area contributed by atoms with Gasteiger partial charge in [0.25, 0.3) is 0 Å². The number of ether oxygens (including phenoxy) is 1. The molecule has 0 N–H and O–H groups in total. The van der Waals surface area contributed by atoms with Gasteiger partial charge >= 0.3 is 5.97 Å². The monoisotopic (exact) mass is 272 g/mol. The molecule has 0 saturated carbocycles. The van der Waals surface area contributed by atoms with Crippen molar-refractivity contribution in [3.63, 3.8) is 0 Å². The number of hydrogen-bond acceptors (Lipinski definition) is 4. The van der Waals surface area contributed by atoms with Crippen LogP contribution in [0.2, 0.25) is 0 Å². The summed E-state index contributed by atoms with van der Waals surface area (Å²) in [5.74, 6) is -0.700. The predicted molar refractivity (Wildman–Crippen MR) is 64.3 cm³/mol. The molecule has 2 rings (SSSR count). The van der Waals surface area contributed by atoms with E-state index in [1.165, 1.54) is 11.4 Å². The van der Waals surface area contributed by atoms with Gasteiger partial charge in [-0.1, -0.05) is 0 Å². The average molecular weight is 272 g/mol. The van der Waals surface area contributed by atoms with E-state index < -0.39 is 10.0 Å². The number of aromatic nitrogens is 1. The highest BCUT2D eigenvalue weighted by molar-refractivity contribution is 7.89. The number of nitrogens with zero attached hydrogens (tertiary/aromatic N) is 2. The first-order valence-corrected chi connectivity index (χ1v) is 7.09. The summed E-state index contributed by atoms with van der Waals surface area (Å²) in [6, 6.07) is 1.56. The summed E-state index contributed by atoms with van der Waals surface area (Å²) in [6.45, 7) is 0.556. The minimum Gasteiger partial charge on any atom is -0.469 e. The molecule has 100 valence electrons. The van der Waals surface area contributed by atoms with Crippen molar-refractivity contribution in [3.8, 4) is 0 Å². The van der Waals surface area contributed by atoms with Gasteiger partial charge in [0, 0.05) is 32.5 Å². The van der Waals surface area contributed by atoms with E-state index in [1.807, 2.05) is 0 Å². The Bertz CT molecular complexity index is 549. The predicted octanol–water partition coefficient (Wildman–Crippen LogP) is 0.209. The molecule has 0 aromatic carbocycles. The summed E-state index contributed by atoms with van der Waals surface area (Å²) >= 11 is 0. The summed E-state index contributed by atoms with van der Waals surface area (Å²) in [5, 5.41) is 0. The van der Waals surface area contributed by atoms with Crippen LogP contribution in [0.25, 0.3) is 0 Å². The molecule has 1 aliphatic heterocycles. The molecule has 2 heterocycles. The molecule has 1 aromatic rings. The van der Waals surface area contributed by atoms with Crippen molar-refractivity contribution < 1.29 is 17.9 Å². The second kappa shape index (κ2) is 4.74. The highest BCUT2D eigenvalue weighted by atomic mass is 32.2. The van der Waals surface area contributed by atoms with Gasteiger partial charge in [-0.25, -0.2) is 8.42 Å². The molecule has 1 fully saturated rings. The van der Waals surface area contributed by atoms with Crippen LogP contribution in [0.4, 0.5) is 0 Å². The number of aryl methyl sites for hydroxylation is 1. The van der Waals surface area contributed by atoms with Crippen LogP contribution in [-0.4, -0.2) is 43.5 Å². The summed E-state index contributed by atoms with van der Waals surface area (Å²) in [4.78, 5) is 11.6. The zero-order valence-electron chi connectivity index (χ0n) is 10.4. The maximum atomic E-state index is 12.3. The lowest BCUT2D eigenvalue weighted by molar-refractivity contribution is -0.144. The van der Waals surface area contributed by atoms with Crippen molar-refractivity contribution in [2.75, 3.05) is 20.2 Å². The fraction of sp³-hybridized carbons (Fsp3) is 0.545. The molecule has 7 heteroatoms. The third-order valence-corrected chi connectivity index (χ3v) is 4.98. The summed E-state index contributed by atoms with van der Waals surface area (Å²) in [7, 11) is -0.408. The third kappa shape index (κ3) is 2.28. The second-order valence-corrected chi connectivity index (χ2v) is 6.32. The van der Waals surface area contributed by atoms with Gasteiger partial charge < -0.3 is 9.30 Å². The summed E-state index contributed by atoms with van der Waals surface area (Å²) < 4.78 is 32.2. The molecular formula is C11H16N2O4S. The number of sulfonamides is 1. The van der Waals surface area contributed by atoms with E-state index in [0.717, 1.165) is 0 Å². The standard InChI is InChI=1S/C11H16N2O4S/c1-12-5-4-10(8-12)18(15,16)13-6-3-9(7-13)11(14)17-2/h4-5,8-9H,3,6-7H2,1-2H3. The van der Waals surface area contributed by atoms with Crippen LogP contribution in [0.15, 0.2) is 23.4 Å². The lowest BCUT2D eigenvalue weighted by Crippen LogP contribution is -2.30. The van der Waals surface area contributed by atoms with Crippen LogP contribution in [-0.2, 0) is 26.6 Å². The van der Waals surface area contributed by atoms with Crippen molar-refractivity contribution in [1.82, 2.24) is 8.87 Å². The van der Waals surface area contributed by atoms with Crippen LogP contribution in [0.1, 0.15) is 6.42 Å². The number of carbonyl (C=O) groups excluding carboxylic acids is 1. The van der Waals surface area contributed by atoms with Gasteiger partial charge in [0.05, 0.1) is 17.9 Å². The van der Waals surface area contributed by atoms with Crippen LogP contribution < -0.4 is 0 Å². The van der Waals surface area contributed by atoms with Crippen molar-refractivity contribution in [3.05, 3.63) is 18.5 Å². The van der Waals surface area contributed by atoms with Gasteiger partial charge in [0.1, 0.15) is 0 Å². The van der Waals surface area contributed by atoms with Gasteiger partial charge in [-0.05, 0) is 12.5 Å². The molecule has 1 atom stereocenters. The quantitative estimate of drug-likeness (QED) is 0.738. The first kappa shape index (κ1) is 13.1. The molecule has 0 aliphatic carbocycles. The largest absolute Gasteiger partial charge is 0.469 e. The van der Waals surface area contributed by atoms with Gasteiger partial charge in [0.2, 0.25) is 10.0 Å². The molecule has 18 heavy (non-hydrogen) atoms. The van der Waals surface area contributed by atoms with Gasteiger partial charge in [-0.3, -0.25) is 4.79 Å². The van der Waals surface area contributed by atoms with Gasteiger partial charge in [-0.15, -0.1) is 0 Å². The van der Waals surface area contributed by atoms with Crippen molar-refractivity contribution in [2.24, 2.45) is 13.0 Å². The minimum absolute atomic E-state index is 0.198. The number of methoxy groups -OCH3 is 1. The molecule has 0 radical (unpaired) electrons. The molecule has 0 bridgehead atoms. The van der Waals surface area contributed by atoms with E-state index in [2.05, 4.69) is 4.74 Å². The smallest absolute Gasteiger partial charge is 0.310 e. The van der Waals surface area contributed by atoms with Crippen molar-refractivity contribution >= 4 is 16.0 Å². The fourth-order valence-corrected chi connectivity index (χ4v) is 3.64. The molecule has 1 aliphatic rings. The van der Waals surface area contributed by atoms with E-state index in [1.54, 1.807) is 30.1 Å².